The van der Waals surface area contributed by atoms with E-state index in [0.717, 1.165) is 10.6 Å². The number of ether oxygens (including phenoxy) is 1. The van der Waals surface area contributed by atoms with E-state index in [1.807, 2.05) is 0 Å². The van der Waals surface area contributed by atoms with Gasteiger partial charge in [0.2, 0.25) is 11.8 Å². The number of aryl methyl sites for hydroxylation is 1. The van der Waals surface area contributed by atoms with E-state index in [1.165, 1.54) is 46.6 Å². The first-order chi connectivity index (χ1) is 14.6. The second-order valence-electron chi connectivity index (χ2n) is 7.15. The molecule has 0 unspecified atom stereocenters. The highest BCUT2D eigenvalue weighted by atomic mass is 19.4. The molecular weight excluding hydrogens is 421 g/mol. The fourth-order valence-electron chi connectivity index (χ4n) is 3.29. The molecule has 4 heterocycles. The number of carbonyl (C=O) groups is 1. The minimum Gasteiger partial charge on any atom is -0.471 e. The van der Waals surface area contributed by atoms with Crippen molar-refractivity contribution >= 4 is 17.1 Å². The van der Waals surface area contributed by atoms with Crippen molar-refractivity contribution in [2.45, 2.75) is 18.8 Å². The summed E-state index contributed by atoms with van der Waals surface area (Å²) in [6.07, 6.45) is -3.76. The molecule has 0 aliphatic carbocycles. The van der Waals surface area contributed by atoms with Crippen LogP contribution in [0.3, 0.4) is 0 Å². The number of alkyl halides is 3. The van der Waals surface area contributed by atoms with Crippen LogP contribution >= 0.6 is 0 Å². The molecule has 1 aliphatic heterocycles. The van der Waals surface area contributed by atoms with Crippen LogP contribution in [0.15, 0.2) is 34.1 Å². The van der Waals surface area contributed by atoms with E-state index in [9.17, 15) is 27.6 Å². The topological polar surface area (TPSA) is 104 Å². The maximum absolute atomic E-state index is 12.7. The molecule has 0 radical (unpaired) electrons. The van der Waals surface area contributed by atoms with Crippen LogP contribution in [0.5, 0.6) is 5.88 Å². The minimum atomic E-state index is -4.57. The van der Waals surface area contributed by atoms with Crippen LogP contribution in [0.4, 0.5) is 13.2 Å². The monoisotopic (exact) mass is 438 g/mol. The molecule has 164 valence electrons. The highest BCUT2D eigenvalue weighted by molar-refractivity contribution is 5.79. The van der Waals surface area contributed by atoms with Crippen molar-refractivity contribution in [2.24, 2.45) is 14.1 Å². The van der Waals surface area contributed by atoms with Gasteiger partial charge in [-0.05, 0) is 6.07 Å². The lowest BCUT2D eigenvalue weighted by atomic mass is 10.1. The Morgan fingerprint density at radius 3 is 2.58 bits per heavy atom. The summed E-state index contributed by atoms with van der Waals surface area (Å²) in [5.74, 6) is -0.496. The summed E-state index contributed by atoms with van der Waals surface area (Å²) in [5, 5.41) is 0. The van der Waals surface area contributed by atoms with Crippen molar-refractivity contribution in [1.82, 2.24) is 28.6 Å². The van der Waals surface area contributed by atoms with Gasteiger partial charge in [-0.3, -0.25) is 18.7 Å². The second-order valence-corrected chi connectivity index (χ2v) is 7.15. The van der Waals surface area contributed by atoms with Crippen LogP contribution in [0.1, 0.15) is 5.69 Å². The standard InChI is InChI=1S/C18H17F3N6O4/c1-24-15-14(16(29)25(2)17(24)30)27(9-22-15)8-13(28)26-6-10(7-26)31-12-5-3-4-11(23-12)18(19,20)21/h3-5,9-10H,6-8H2,1-2H3. The van der Waals surface area contributed by atoms with Crippen LogP contribution in [-0.2, 0) is 31.6 Å². The van der Waals surface area contributed by atoms with Crippen LogP contribution < -0.4 is 16.0 Å². The SMILES string of the molecule is Cn1c(=O)c2c(ncn2CC(=O)N2CC(Oc3cccc(C(F)(F)F)n3)C2)n(C)c1=O. The smallest absolute Gasteiger partial charge is 0.433 e. The number of carbonyl (C=O) groups excluding carboxylic acids is 1. The van der Waals surface area contributed by atoms with Gasteiger partial charge in [0.15, 0.2) is 11.2 Å². The first kappa shape index (κ1) is 20.6. The van der Waals surface area contributed by atoms with E-state index in [-0.39, 0.29) is 42.6 Å². The Labute approximate surface area is 172 Å². The van der Waals surface area contributed by atoms with Crippen molar-refractivity contribution in [1.29, 1.82) is 0 Å². The van der Waals surface area contributed by atoms with Crippen LogP contribution in [0, 0.1) is 0 Å². The molecule has 3 aromatic rings. The number of nitrogens with zero attached hydrogens (tertiary/aromatic N) is 6. The average Bonchev–Trinajstić information content (AvgIpc) is 3.10. The second kappa shape index (κ2) is 7.25. The Balaban J connectivity index is 1.42. The van der Waals surface area contributed by atoms with E-state index in [4.69, 9.17) is 4.74 Å². The first-order valence-electron chi connectivity index (χ1n) is 9.16. The maximum Gasteiger partial charge on any atom is 0.433 e. The van der Waals surface area contributed by atoms with Crippen molar-refractivity contribution in [2.75, 3.05) is 13.1 Å². The van der Waals surface area contributed by atoms with Crippen molar-refractivity contribution in [3.63, 3.8) is 0 Å². The number of amides is 1. The predicted molar refractivity (Wildman–Crippen MR) is 100 cm³/mol. The molecule has 3 aromatic heterocycles. The minimum absolute atomic E-state index is 0.124. The summed E-state index contributed by atoms with van der Waals surface area (Å²) >= 11 is 0. The Morgan fingerprint density at radius 2 is 1.90 bits per heavy atom. The van der Waals surface area contributed by atoms with Gasteiger partial charge in [-0.1, -0.05) is 6.07 Å². The summed E-state index contributed by atoms with van der Waals surface area (Å²) < 4.78 is 47.1. The van der Waals surface area contributed by atoms with Crippen molar-refractivity contribution in [3.05, 3.63) is 51.1 Å². The average molecular weight is 438 g/mol. The van der Waals surface area contributed by atoms with Crippen LogP contribution in [0.25, 0.3) is 11.2 Å². The number of imidazole rings is 1. The third-order valence-electron chi connectivity index (χ3n) is 5.02. The zero-order chi connectivity index (χ0) is 22.5. The summed E-state index contributed by atoms with van der Waals surface area (Å²) in [4.78, 5) is 45.9. The number of aromatic nitrogens is 5. The molecule has 1 amide bonds. The molecule has 0 atom stereocenters. The molecule has 0 aromatic carbocycles. The Hall–Kier alpha value is -3.64. The number of hydrogen-bond donors (Lipinski definition) is 0. The Morgan fingerprint density at radius 1 is 1.19 bits per heavy atom. The van der Waals surface area contributed by atoms with Gasteiger partial charge in [0.25, 0.3) is 5.56 Å². The third-order valence-corrected chi connectivity index (χ3v) is 5.02. The van der Waals surface area contributed by atoms with Gasteiger partial charge in [-0.15, -0.1) is 0 Å². The Kier molecular flexibility index (Phi) is 4.82. The zero-order valence-electron chi connectivity index (χ0n) is 16.5. The number of hydrogen-bond acceptors (Lipinski definition) is 6. The lowest BCUT2D eigenvalue weighted by Crippen LogP contribution is -2.57. The molecule has 13 heteroatoms. The highest BCUT2D eigenvalue weighted by Crippen LogP contribution is 2.29. The van der Waals surface area contributed by atoms with Crippen LogP contribution in [0.2, 0.25) is 0 Å². The lowest BCUT2D eigenvalue weighted by molar-refractivity contribution is -0.142. The van der Waals surface area contributed by atoms with E-state index < -0.39 is 29.2 Å². The molecule has 0 N–H and O–H groups in total. The highest BCUT2D eigenvalue weighted by Gasteiger charge is 2.35. The number of rotatable bonds is 4. The molecule has 1 saturated heterocycles. The number of pyridine rings is 1. The molecule has 4 rings (SSSR count). The molecule has 10 nitrogen and oxygen atoms in total. The predicted octanol–water partition coefficient (Wildman–Crippen LogP) is 0.137. The maximum atomic E-state index is 12.7. The van der Waals surface area contributed by atoms with Gasteiger partial charge >= 0.3 is 11.9 Å². The van der Waals surface area contributed by atoms with Gasteiger partial charge < -0.3 is 14.2 Å². The molecule has 31 heavy (non-hydrogen) atoms. The van der Waals surface area contributed by atoms with Crippen molar-refractivity contribution < 1.29 is 22.7 Å². The van der Waals surface area contributed by atoms with Crippen molar-refractivity contribution in [3.8, 4) is 5.88 Å². The molecular formula is C18H17F3N6O4. The number of fused-ring (bicyclic) bond motifs is 1. The third kappa shape index (κ3) is 3.66. The quantitative estimate of drug-likeness (QED) is 0.574. The normalized spacial score (nSPS) is 14.7. The fraction of sp³-hybridized carbons (Fsp3) is 0.389. The summed E-state index contributed by atoms with van der Waals surface area (Å²) in [6, 6.07) is 3.36. The molecule has 0 saturated carbocycles. The fourth-order valence-corrected chi connectivity index (χ4v) is 3.29. The molecule has 1 aliphatic rings. The van der Waals surface area contributed by atoms with E-state index >= 15 is 0 Å². The van der Waals surface area contributed by atoms with E-state index in [0.29, 0.717) is 0 Å². The number of halogens is 3. The first-order valence-corrected chi connectivity index (χ1v) is 9.16. The summed E-state index contributed by atoms with van der Waals surface area (Å²) in [6.45, 7) is 0.151. The van der Waals surface area contributed by atoms with Gasteiger partial charge in [0, 0.05) is 20.2 Å². The molecule has 1 fully saturated rings. The molecule has 0 spiro atoms. The Bertz CT molecular complexity index is 1290. The summed E-state index contributed by atoms with van der Waals surface area (Å²) in [7, 11) is 2.81. The van der Waals surface area contributed by atoms with Gasteiger partial charge in [-0.2, -0.15) is 13.2 Å². The lowest BCUT2D eigenvalue weighted by Gasteiger charge is -2.38. The van der Waals surface area contributed by atoms with E-state index in [1.54, 1.807) is 0 Å². The summed E-state index contributed by atoms with van der Waals surface area (Å²) in [5.41, 5.74) is -1.86. The molecule has 0 bridgehead atoms. The van der Waals surface area contributed by atoms with Gasteiger partial charge in [0.1, 0.15) is 18.3 Å². The van der Waals surface area contributed by atoms with Gasteiger partial charge in [0.05, 0.1) is 19.4 Å². The van der Waals surface area contributed by atoms with Crippen LogP contribution in [-0.4, -0.2) is 53.7 Å². The zero-order valence-corrected chi connectivity index (χ0v) is 16.5. The van der Waals surface area contributed by atoms with Gasteiger partial charge in [-0.25, -0.2) is 14.8 Å². The number of likely N-dealkylation sites (tertiary alicyclic amines) is 1. The van der Waals surface area contributed by atoms with E-state index in [2.05, 4.69) is 9.97 Å². The largest absolute Gasteiger partial charge is 0.471 e.